The first kappa shape index (κ1) is 14.8. The fourth-order valence-corrected chi connectivity index (χ4v) is 2.07. The molecule has 0 saturated carbocycles. The Kier molecular flexibility index (Phi) is 4.12. The van der Waals surface area contributed by atoms with E-state index in [9.17, 15) is 9.18 Å². The SMILES string of the molecule is COC(=O)c1cc(Nc2ccc(C)cc2C)c(F)cc1N. The van der Waals surface area contributed by atoms with Gasteiger partial charge in [-0.25, -0.2) is 9.18 Å². The Hall–Kier alpha value is -2.56. The monoisotopic (exact) mass is 288 g/mol. The Morgan fingerprint density at radius 3 is 2.52 bits per heavy atom. The Labute approximate surface area is 122 Å². The third-order valence-electron chi connectivity index (χ3n) is 3.20. The van der Waals surface area contributed by atoms with Crippen LogP contribution >= 0.6 is 0 Å². The van der Waals surface area contributed by atoms with E-state index in [2.05, 4.69) is 10.1 Å². The Morgan fingerprint density at radius 1 is 1.19 bits per heavy atom. The number of aryl methyl sites for hydroxylation is 2. The molecule has 0 aliphatic rings. The summed E-state index contributed by atoms with van der Waals surface area (Å²) in [6.45, 7) is 3.90. The summed E-state index contributed by atoms with van der Waals surface area (Å²) in [6.07, 6.45) is 0. The smallest absolute Gasteiger partial charge is 0.340 e. The number of nitrogens with two attached hydrogens (primary N) is 1. The van der Waals surface area contributed by atoms with Gasteiger partial charge in [-0.05, 0) is 37.6 Å². The minimum atomic E-state index is -0.601. The van der Waals surface area contributed by atoms with Crippen molar-refractivity contribution >= 4 is 23.0 Å². The van der Waals surface area contributed by atoms with Crippen molar-refractivity contribution in [2.75, 3.05) is 18.2 Å². The number of benzene rings is 2. The lowest BCUT2D eigenvalue weighted by Crippen LogP contribution is -2.08. The van der Waals surface area contributed by atoms with Gasteiger partial charge >= 0.3 is 5.97 Å². The van der Waals surface area contributed by atoms with Gasteiger partial charge in [-0.2, -0.15) is 0 Å². The van der Waals surface area contributed by atoms with E-state index in [0.29, 0.717) is 0 Å². The third-order valence-corrected chi connectivity index (χ3v) is 3.20. The van der Waals surface area contributed by atoms with Crippen LogP contribution in [0.3, 0.4) is 0 Å². The summed E-state index contributed by atoms with van der Waals surface area (Å²) >= 11 is 0. The lowest BCUT2D eigenvalue weighted by Gasteiger charge is -2.13. The van der Waals surface area contributed by atoms with E-state index in [-0.39, 0.29) is 16.9 Å². The highest BCUT2D eigenvalue weighted by molar-refractivity contribution is 5.96. The van der Waals surface area contributed by atoms with Crippen molar-refractivity contribution in [3.05, 3.63) is 52.8 Å². The first-order chi connectivity index (χ1) is 9.92. The summed E-state index contributed by atoms with van der Waals surface area (Å²) in [6, 6.07) is 8.23. The summed E-state index contributed by atoms with van der Waals surface area (Å²) in [5.41, 5.74) is 8.85. The van der Waals surface area contributed by atoms with Crippen molar-refractivity contribution in [3.63, 3.8) is 0 Å². The maximum absolute atomic E-state index is 14.0. The van der Waals surface area contributed by atoms with E-state index < -0.39 is 11.8 Å². The second kappa shape index (κ2) is 5.83. The summed E-state index contributed by atoms with van der Waals surface area (Å²) < 4.78 is 18.6. The van der Waals surface area contributed by atoms with Crippen LogP contribution in [0.4, 0.5) is 21.5 Å². The predicted molar refractivity (Wildman–Crippen MR) is 81.4 cm³/mol. The zero-order valence-electron chi connectivity index (χ0n) is 12.2. The average molecular weight is 288 g/mol. The molecule has 0 aliphatic heterocycles. The number of hydrogen-bond donors (Lipinski definition) is 2. The molecule has 2 aromatic rings. The maximum Gasteiger partial charge on any atom is 0.340 e. The van der Waals surface area contributed by atoms with Gasteiger partial charge in [-0.1, -0.05) is 17.7 Å². The molecular formula is C16H17FN2O2. The number of carbonyl (C=O) groups is 1. The van der Waals surface area contributed by atoms with Gasteiger partial charge in [-0.3, -0.25) is 0 Å². The van der Waals surface area contributed by atoms with E-state index in [1.807, 2.05) is 32.0 Å². The van der Waals surface area contributed by atoms with Crippen LogP contribution in [0.15, 0.2) is 30.3 Å². The minimum Gasteiger partial charge on any atom is -0.465 e. The van der Waals surface area contributed by atoms with Crippen LogP contribution in [0.2, 0.25) is 0 Å². The van der Waals surface area contributed by atoms with Crippen molar-refractivity contribution in [2.45, 2.75) is 13.8 Å². The quantitative estimate of drug-likeness (QED) is 0.669. The number of nitrogens with one attached hydrogen (secondary N) is 1. The van der Waals surface area contributed by atoms with Gasteiger partial charge in [0.05, 0.1) is 18.4 Å². The molecule has 0 atom stereocenters. The lowest BCUT2D eigenvalue weighted by molar-refractivity contribution is 0.0602. The Balaban J connectivity index is 2.42. The number of esters is 1. The largest absolute Gasteiger partial charge is 0.465 e. The summed E-state index contributed by atoms with van der Waals surface area (Å²) in [4.78, 5) is 11.6. The summed E-state index contributed by atoms with van der Waals surface area (Å²) in [5, 5.41) is 2.98. The Morgan fingerprint density at radius 2 is 1.90 bits per heavy atom. The number of rotatable bonds is 3. The summed E-state index contributed by atoms with van der Waals surface area (Å²) in [5.74, 6) is -1.13. The van der Waals surface area contributed by atoms with E-state index in [1.165, 1.54) is 13.2 Å². The molecule has 0 radical (unpaired) electrons. The number of anilines is 3. The standard InChI is InChI=1S/C16H17FN2O2/c1-9-4-5-14(10(2)6-9)19-15-7-11(16(20)21-3)13(18)8-12(15)17/h4-8,19H,18H2,1-3H3. The van der Waals surface area contributed by atoms with Gasteiger partial charge < -0.3 is 15.8 Å². The van der Waals surface area contributed by atoms with Crippen LogP contribution in [0.25, 0.3) is 0 Å². The zero-order valence-corrected chi connectivity index (χ0v) is 12.2. The number of halogens is 1. The highest BCUT2D eigenvalue weighted by atomic mass is 19.1. The molecule has 110 valence electrons. The molecule has 5 heteroatoms. The first-order valence-electron chi connectivity index (χ1n) is 6.44. The molecule has 0 amide bonds. The molecule has 2 rings (SSSR count). The van der Waals surface area contributed by atoms with Crippen LogP contribution in [-0.4, -0.2) is 13.1 Å². The van der Waals surface area contributed by atoms with Gasteiger partial charge in [0.1, 0.15) is 5.82 Å². The van der Waals surface area contributed by atoms with E-state index in [4.69, 9.17) is 5.73 Å². The van der Waals surface area contributed by atoms with Gasteiger partial charge in [0.15, 0.2) is 0 Å². The van der Waals surface area contributed by atoms with Crippen molar-refractivity contribution in [3.8, 4) is 0 Å². The molecule has 0 spiro atoms. The molecule has 0 fully saturated rings. The van der Waals surface area contributed by atoms with E-state index >= 15 is 0 Å². The second-order valence-corrected chi connectivity index (χ2v) is 4.85. The molecule has 0 unspecified atom stereocenters. The normalized spacial score (nSPS) is 10.3. The number of hydrogen-bond acceptors (Lipinski definition) is 4. The van der Waals surface area contributed by atoms with E-state index in [0.717, 1.165) is 22.9 Å². The molecule has 0 saturated heterocycles. The summed E-state index contributed by atoms with van der Waals surface area (Å²) in [7, 11) is 1.25. The zero-order chi connectivity index (χ0) is 15.6. The highest BCUT2D eigenvalue weighted by Crippen LogP contribution is 2.27. The van der Waals surface area contributed by atoms with Crippen LogP contribution in [0.1, 0.15) is 21.5 Å². The lowest BCUT2D eigenvalue weighted by atomic mass is 10.1. The van der Waals surface area contributed by atoms with Gasteiger partial charge in [-0.15, -0.1) is 0 Å². The van der Waals surface area contributed by atoms with Crippen LogP contribution in [0.5, 0.6) is 0 Å². The average Bonchev–Trinajstić information content (AvgIpc) is 2.43. The number of methoxy groups -OCH3 is 1. The molecule has 21 heavy (non-hydrogen) atoms. The predicted octanol–water partition coefficient (Wildman–Crippen LogP) is 3.55. The fourth-order valence-electron chi connectivity index (χ4n) is 2.07. The van der Waals surface area contributed by atoms with Gasteiger partial charge in [0.25, 0.3) is 0 Å². The molecule has 0 aliphatic carbocycles. The van der Waals surface area contributed by atoms with Crippen LogP contribution < -0.4 is 11.1 Å². The van der Waals surface area contributed by atoms with Crippen molar-refractivity contribution < 1.29 is 13.9 Å². The van der Waals surface area contributed by atoms with Gasteiger partial charge in [0.2, 0.25) is 0 Å². The number of carbonyl (C=O) groups excluding carboxylic acids is 1. The third kappa shape index (κ3) is 3.13. The molecule has 3 N–H and O–H groups in total. The maximum atomic E-state index is 14.0. The Bertz CT molecular complexity index is 699. The van der Waals surface area contributed by atoms with Crippen molar-refractivity contribution in [1.29, 1.82) is 0 Å². The molecule has 0 aromatic heterocycles. The van der Waals surface area contributed by atoms with Crippen LogP contribution in [0, 0.1) is 19.7 Å². The van der Waals surface area contributed by atoms with Gasteiger partial charge in [0, 0.05) is 11.4 Å². The second-order valence-electron chi connectivity index (χ2n) is 4.85. The number of nitrogen functional groups attached to an aromatic ring is 1. The molecule has 0 heterocycles. The number of ether oxygens (including phenoxy) is 1. The minimum absolute atomic E-state index is 0.0468. The molecule has 0 bridgehead atoms. The highest BCUT2D eigenvalue weighted by Gasteiger charge is 2.15. The fraction of sp³-hybridized carbons (Fsp3) is 0.188. The van der Waals surface area contributed by atoms with E-state index in [1.54, 1.807) is 0 Å². The molecule has 4 nitrogen and oxygen atoms in total. The molecular weight excluding hydrogens is 271 g/mol. The van der Waals surface area contributed by atoms with Crippen molar-refractivity contribution in [2.24, 2.45) is 0 Å². The first-order valence-corrected chi connectivity index (χ1v) is 6.44. The topological polar surface area (TPSA) is 64.3 Å². The molecule has 2 aromatic carbocycles. The van der Waals surface area contributed by atoms with Crippen molar-refractivity contribution in [1.82, 2.24) is 0 Å². The van der Waals surface area contributed by atoms with Crippen LogP contribution in [-0.2, 0) is 4.74 Å².